The molecule has 1 atom stereocenters. The lowest BCUT2D eigenvalue weighted by Gasteiger charge is -1.99. The molecule has 0 aliphatic rings. The molecule has 0 fully saturated rings. The van der Waals surface area contributed by atoms with Crippen molar-refractivity contribution >= 4 is 27.5 Å². The van der Waals surface area contributed by atoms with Crippen LogP contribution in [0.15, 0.2) is 27.2 Å². The van der Waals surface area contributed by atoms with Crippen molar-refractivity contribution in [1.82, 2.24) is 10.1 Å². The van der Waals surface area contributed by atoms with Crippen molar-refractivity contribution < 1.29 is 9.63 Å². The van der Waals surface area contributed by atoms with E-state index < -0.39 is 6.10 Å². The normalized spacial score (nSPS) is 12.7. The quantitative estimate of drug-likeness (QED) is 0.939. The van der Waals surface area contributed by atoms with Gasteiger partial charge in [-0.3, -0.25) is 0 Å². The van der Waals surface area contributed by atoms with Gasteiger partial charge >= 0.3 is 0 Å². The van der Waals surface area contributed by atoms with Crippen LogP contribution in [-0.2, 0) is 0 Å². The Labute approximate surface area is 112 Å². The molecular formula is C11H10BrClN2O2. The fraction of sp³-hybridized carbons (Fsp3) is 0.273. The topological polar surface area (TPSA) is 59.2 Å². The van der Waals surface area contributed by atoms with E-state index >= 15 is 0 Å². The number of nitrogens with zero attached hydrogens (tertiary/aromatic N) is 2. The predicted molar refractivity (Wildman–Crippen MR) is 67.7 cm³/mol. The number of hydrogen-bond donors (Lipinski definition) is 1. The number of aliphatic hydroxyl groups is 1. The molecule has 0 spiro atoms. The molecule has 0 amide bonds. The second-order valence-corrected chi connectivity index (χ2v) is 4.83. The number of benzene rings is 1. The average molecular weight is 318 g/mol. The second kappa shape index (κ2) is 5.16. The summed E-state index contributed by atoms with van der Waals surface area (Å²) in [4.78, 5) is 4.11. The van der Waals surface area contributed by atoms with Gasteiger partial charge in [-0.05, 0) is 24.6 Å². The standard InChI is InChI=1S/C11H10BrClN2O2/c1-2-9(16)10-14-11(17-15-10)7-4-3-6(12)5-8(7)13/h3-5,9,16H,2H2,1H3. The maximum atomic E-state index is 9.58. The van der Waals surface area contributed by atoms with Crippen LogP contribution in [0.2, 0.25) is 5.02 Å². The van der Waals surface area contributed by atoms with Gasteiger partial charge in [-0.25, -0.2) is 0 Å². The third kappa shape index (κ3) is 2.68. The molecule has 4 nitrogen and oxygen atoms in total. The Bertz CT molecular complexity index is 530. The molecule has 0 aliphatic carbocycles. The summed E-state index contributed by atoms with van der Waals surface area (Å²) >= 11 is 9.38. The van der Waals surface area contributed by atoms with Gasteiger partial charge < -0.3 is 9.63 Å². The van der Waals surface area contributed by atoms with Gasteiger partial charge in [0.25, 0.3) is 5.89 Å². The Hall–Kier alpha value is -0.910. The molecule has 0 aliphatic heterocycles. The van der Waals surface area contributed by atoms with Crippen molar-refractivity contribution in [3.63, 3.8) is 0 Å². The summed E-state index contributed by atoms with van der Waals surface area (Å²) in [5.74, 6) is 0.589. The molecule has 1 N–H and O–H groups in total. The Morgan fingerprint density at radius 3 is 2.94 bits per heavy atom. The highest BCUT2D eigenvalue weighted by molar-refractivity contribution is 9.10. The predicted octanol–water partition coefficient (Wildman–Crippen LogP) is 3.60. The van der Waals surface area contributed by atoms with Gasteiger partial charge in [0.1, 0.15) is 6.10 Å². The zero-order chi connectivity index (χ0) is 12.4. The Kier molecular flexibility index (Phi) is 3.81. The summed E-state index contributed by atoms with van der Waals surface area (Å²) in [5.41, 5.74) is 0.650. The maximum Gasteiger partial charge on any atom is 0.259 e. The van der Waals surface area contributed by atoms with E-state index in [1.165, 1.54) is 0 Å². The summed E-state index contributed by atoms with van der Waals surface area (Å²) in [6, 6.07) is 5.36. The van der Waals surface area contributed by atoms with E-state index in [1.807, 2.05) is 13.0 Å². The van der Waals surface area contributed by atoms with Crippen molar-refractivity contribution in [3.8, 4) is 11.5 Å². The van der Waals surface area contributed by atoms with Crippen LogP contribution in [0.1, 0.15) is 25.3 Å². The van der Waals surface area contributed by atoms with Gasteiger partial charge in [-0.2, -0.15) is 4.98 Å². The van der Waals surface area contributed by atoms with Crippen LogP contribution in [-0.4, -0.2) is 15.2 Å². The fourth-order valence-corrected chi connectivity index (χ4v) is 2.08. The molecule has 1 aromatic carbocycles. The monoisotopic (exact) mass is 316 g/mol. The molecular weight excluding hydrogens is 307 g/mol. The number of rotatable bonds is 3. The smallest absolute Gasteiger partial charge is 0.259 e. The largest absolute Gasteiger partial charge is 0.385 e. The molecule has 0 saturated heterocycles. The van der Waals surface area contributed by atoms with Crippen molar-refractivity contribution in [2.45, 2.75) is 19.4 Å². The SMILES string of the molecule is CCC(O)c1noc(-c2ccc(Br)cc2Cl)n1. The van der Waals surface area contributed by atoms with Gasteiger partial charge in [-0.1, -0.05) is 39.6 Å². The Morgan fingerprint density at radius 2 is 2.29 bits per heavy atom. The van der Waals surface area contributed by atoms with Crippen LogP contribution in [0.4, 0.5) is 0 Å². The molecule has 6 heteroatoms. The van der Waals surface area contributed by atoms with Crippen molar-refractivity contribution in [1.29, 1.82) is 0 Å². The molecule has 0 saturated carbocycles. The van der Waals surface area contributed by atoms with Crippen LogP contribution in [0.3, 0.4) is 0 Å². The van der Waals surface area contributed by atoms with Gasteiger partial charge in [0.2, 0.25) is 5.82 Å². The first-order valence-electron chi connectivity index (χ1n) is 5.09. The first kappa shape index (κ1) is 12.5. The Morgan fingerprint density at radius 1 is 1.53 bits per heavy atom. The maximum absolute atomic E-state index is 9.58. The van der Waals surface area contributed by atoms with Crippen molar-refractivity contribution in [2.75, 3.05) is 0 Å². The number of halogens is 2. The number of aliphatic hydroxyl groups excluding tert-OH is 1. The van der Waals surface area contributed by atoms with Gasteiger partial charge in [0.15, 0.2) is 0 Å². The summed E-state index contributed by atoms with van der Waals surface area (Å²) in [6.45, 7) is 1.84. The molecule has 0 radical (unpaired) electrons. The van der Waals surface area contributed by atoms with E-state index in [0.29, 0.717) is 22.9 Å². The van der Waals surface area contributed by atoms with E-state index in [9.17, 15) is 5.11 Å². The van der Waals surface area contributed by atoms with E-state index in [0.717, 1.165) is 4.47 Å². The molecule has 2 rings (SSSR count). The van der Waals surface area contributed by atoms with E-state index in [4.69, 9.17) is 16.1 Å². The number of hydrogen-bond acceptors (Lipinski definition) is 4. The van der Waals surface area contributed by atoms with Crippen LogP contribution in [0.25, 0.3) is 11.5 Å². The zero-order valence-electron chi connectivity index (χ0n) is 9.02. The summed E-state index contributed by atoms with van der Waals surface area (Å²) < 4.78 is 5.95. The highest BCUT2D eigenvalue weighted by Crippen LogP contribution is 2.30. The highest BCUT2D eigenvalue weighted by atomic mass is 79.9. The van der Waals surface area contributed by atoms with Crippen LogP contribution < -0.4 is 0 Å². The van der Waals surface area contributed by atoms with Crippen molar-refractivity contribution in [3.05, 3.63) is 33.5 Å². The number of aromatic nitrogens is 2. The van der Waals surface area contributed by atoms with Gasteiger partial charge in [0.05, 0.1) is 10.6 Å². The first-order valence-corrected chi connectivity index (χ1v) is 6.26. The van der Waals surface area contributed by atoms with E-state index in [-0.39, 0.29) is 5.82 Å². The molecule has 0 bridgehead atoms. The molecule has 90 valence electrons. The minimum atomic E-state index is -0.707. The first-order chi connectivity index (χ1) is 8.11. The second-order valence-electron chi connectivity index (χ2n) is 3.51. The lowest BCUT2D eigenvalue weighted by atomic mass is 10.2. The lowest BCUT2D eigenvalue weighted by Crippen LogP contribution is -1.97. The van der Waals surface area contributed by atoms with E-state index in [1.54, 1.807) is 12.1 Å². The minimum Gasteiger partial charge on any atom is -0.385 e. The van der Waals surface area contributed by atoms with E-state index in [2.05, 4.69) is 26.1 Å². The van der Waals surface area contributed by atoms with Gasteiger partial charge in [-0.15, -0.1) is 0 Å². The molecule has 17 heavy (non-hydrogen) atoms. The summed E-state index contributed by atoms with van der Waals surface area (Å²) in [7, 11) is 0. The van der Waals surface area contributed by atoms with Crippen LogP contribution in [0.5, 0.6) is 0 Å². The molecule has 1 unspecified atom stereocenters. The third-order valence-electron chi connectivity index (χ3n) is 2.29. The summed E-state index contributed by atoms with van der Waals surface area (Å²) in [5, 5.41) is 13.8. The minimum absolute atomic E-state index is 0.279. The molecule has 1 aromatic heterocycles. The highest BCUT2D eigenvalue weighted by Gasteiger charge is 2.16. The Balaban J connectivity index is 2.37. The lowest BCUT2D eigenvalue weighted by molar-refractivity contribution is 0.159. The molecule has 2 aromatic rings. The zero-order valence-corrected chi connectivity index (χ0v) is 11.4. The van der Waals surface area contributed by atoms with Crippen LogP contribution in [0, 0.1) is 0 Å². The third-order valence-corrected chi connectivity index (χ3v) is 3.09. The fourth-order valence-electron chi connectivity index (χ4n) is 1.33. The summed E-state index contributed by atoms with van der Waals surface area (Å²) in [6.07, 6.45) is -0.172. The van der Waals surface area contributed by atoms with Crippen LogP contribution >= 0.6 is 27.5 Å². The van der Waals surface area contributed by atoms with Crippen molar-refractivity contribution in [2.24, 2.45) is 0 Å². The molecule has 1 heterocycles. The van der Waals surface area contributed by atoms with Gasteiger partial charge in [0, 0.05) is 4.47 Å². The average Bonchev–Trinajstić information content (AvgIpc) is 2.77.